The van der Waals surface area contributed by atoms with Crippen LogP contribution in [0.3, 0.4) is 0 Å². The highest BCUT2D eigenvalue weighted by Crippen LogP contribution is 2.17. The molecule has 0 aliphatic heterocycles. The molecule has 0 amide bonds. The van der Waals surface area contributed by atoms with Crippen LogP contribution < -0.4 is 11.2 Å². The van der Waals surface area contributed by atoms with Crippen molar-refractivity contribution in [2.45, 2.75) is 19.5 Å². The Morgan fingerprint density at radius 1 is 0.900 bits per heavy atom. The quantitative estimate of drug-likeness (QED) is 0.466. The van der Waals surface area contributed by atoms with E-state index in [1.54, 1.807) is 34.9 Å². The predicted octanol–water partition coefficient (Wildman–Crippen LogP) is 2.69. The van der Waals surface area contributed by atoms with Gasteiger partial charge in [-0.2, -0.15) is 0 Å². The first kappa shape index (κ1) is 20.0. The maximum atomic E-state index is 13.2. The molecule has 0 atom stereocenters. The van der Waals surface area contributed by atoms with Crippen LogP contribution in [0.15, 0.2) is 75.6 Å². The highest BCUT2D eigenvalue weighted by atomic mass is 32.1. The lowest BCUT2D eigenvalue weighted by molar-refractivity contribution is 0.0903. The molecular formula is C23H20N2O4S. The van der Waals surface area contributed by atoms with Crippen molar-refractivity contribution in [1.29, 1.82) is 0 Å². The van der Waals surface area contributed by atoms with Crippen molar-refractivity contribution in [3.8, 4) is 0 Å². The molecule has 152 valence electrons. The lowest BCUT2D eigenvalue weighted by atomic mass is 10.1. The number of carbonyl (C=O) groups excluding carboxylic acids is 1. The van der Waals surface area contributed by atoms with Gasteiger partial charge in [-0.05, 0) is 29.0 Å². The summed E-state index contributed by atoms with van der Waals surface area (Å²) in [5.74, 6) is -0.353. The number of ketones is 1. The third kappa shape index (κ3) is 3.90. The number of rotatable bonds is 7. The summed E-state index contributed by atoms with van der Waals surface area (Å²) in [4.78, 5) is 38.3. The number of hydrogen-bond acceptors (Lipinski definition) is 5. The van der Waals surface area contributed by atoms with Crippen molar-refractivity contribution in [1.82, 2.24) is 9.13 Å². The van der Waals surface area contributed by atoms with Gasteiger partial charge in [0.2, 0.25) is 0 Å². The average Bonchev–Trinajstić information content (AvgIpc) is 3.27. The summed E-state index contributed by atoms with van der Waals surface area (Å²) in [7, 11) is 0. The van der Waals surface area contributed by atoms with Crippen LogP contribution in [0.5, 0.6) is 0 Å². The molecule has 2 aromatic carbocycles. The summed E-state index contributed by atoms with van der Waals surface area (Å²) in [6.07, 6.45) is 0.587. The number of benzene rings is 2. The van der Waals surface area contributed by atoms with Gasteiger partial charge in [0.25, 0.3) is 5.56 Å². The van der Waals surface area contributed by atoms with Crippen molar-refractivity contribution in [3.05, 3.63) is 104 Å². The number of carbonyl (C=O) groups is 1. The second-order valence-corrected chi connectivity index (χ2v) is 7.87. The van der Waals surface area contributed by atoms with E-state index < -0.39 is 6.61 Å². The van der Waals surface area contributed by atoms with E-state index in [1.807, 2.05) is 35.7 Å². The molecule has 0 unspecified atom stereocenters. The number of hydrogen-bond donors (Lipinski definition) is 1. The zero-order chi connectivity index (χ0) is 21.1. The minimum Gasteiger partial charge on any atom is -0.388 e. The maximum absolute atomic E-state index is 13.2. The van der Waals surface area contributed by atoms with E-state index in [0.29, 0.717) is 28.7 Å². The monoisotopic (exact) mass is 420 g/mol. The normalized spacial score (nSPS) is 11.1. The van der Waals surface area contributed by atoms with Crippen LogP contribution in [-0.4, -0.2) is 26.6 Å². The zero-order valence-corrected chi connectivity index (χ0v) is 17.0. The van der Waals surface area contributed by atoms with Crippen LogP contribution in [0.1, 0.15) is 21.5 Å². The van der Waals surface area contributed by atoms with E-state index in [4.69, 9.17) is 5.11 Å². The minimum absolute atomic E-state index is 0.271. The first-order valence-electron chi connectivity index (χ1n) is 9.56. The number of aryl methyl sites for hydroxylation is 1. The molecule has 30 heavy (non-hydrogen) atoms. The fourth-order valence-electron chi connectivity index (χ4n) is 3.43. The number of aliphatic hydroxyl groups is 1. The minimum atomic E-state index is -0.541. The number of Topliss-reactive ketones (excluding diaryl/α,β-unsaturated/α-hetero) is 1. The smallest absolute Gasteiger partial charge is 0.332 e. The molecule has 0 aliphatic carbocycles. The first-order valence-corrected chi connectivity index (χ1v) is 10.4. The maximum Gasteiger partial charge on any atom is 0.332 e. The molecule has 0 saturated heterocycles. The molecule has 2 heterocycles. The second-order valence-electron chi connectivity index (χ2n) is 6.98. The summed E-state index contributed by atoms with van der Waals surface area (Å²) in [5.41, 5.74) is 1.69. The Hall–Kier alpha value is -3.29. The van der Waals surface area contributed by atoms with Gasteiger partial charge in [-0.1, -0.05) is 54.6 Å². The number of aliphatic hydroxyl groups excluding tert-OH is 1. The van der Waals surface area contributed by atoms with Crippen LogP contribution >= 0.6 is 11.3 Å². The molecule has 0 saturated carbocycles. The Kier molecular flexibility index (Phi) is 5.74. The van der Waals surface area contributed by atoms with Crippen LogP contribution in [-0.2, 0) is 19.5 Å². The van der Waals surface area contributed by atoms with Gasteiger partial charge in [-0.25, -0.2) is 4.79 Å². The molecule has 0 fully saturated rings. The van der Waals surface area contributed by atoms with E-state index in [-0.39, 0.29) is 23.6 Å². The van der Waals surface area contributed by atoms with E-state index in [9.17, 15) is 14.4 Å². The number of fused-ring (bicyclic) bond motifs is 1. The van der Waals surface area contributed by atoms with Crippen LogP contribution in [0.25, 0.3) is 10.2 Å². The summed E-state index contributed by atoms with van der Waals surface area (Å²) < 4.78 is 2.90. The van der Waals surface area contributed by atoms with Crippen LogP contribution in [0.4, 0.5) is 0 Å². The second kappa shape index (κ2) is 8.61. The summed E-state index contributed by atoms with van der Waals surface area (Å²) >= 11 is 1.36. The average molecular weight is 420 g/mol. The van der Waals surface area contributed by atoms with Gasteiger partial charge in [0.15, 0.2) is 5.78 Å². The van der Waals surface area contributed by atoms with Gasteiger partial charge in [0.05, 0.1) is 11.9 Å². The van der Waals surface area contributed by atoms with Gasteiger partial charge in [0, 0.05) is 12.1 Å². The molecule has 0 radical (unpaired) electrons. The van der Waals surface area contributed by atoms with Gasteiger partial charge in [-0.3, -0.25) is 18.7 Å². The number of nitrogens with zero attached hydrogens (tertiary/aromatic N) is 2. The first-order chi connectivity index (χ1) is 14.6. The topological polar surface area (TPSA) is 81.3 Å². The van der Waals surface area contributed by atoms with Gasteiger partial charge < -0.3 is 5.11 Å². The highest BCUT2D eigenvalue weighted by molar-refractivity contribution is 7.16. The van der Waals surface area contributed by atoms with Crippen molar-refractivity contribution < 1.29 is 9.90 Å². The Bertz CT molecular complexity index is 1300. The van der Waals surface area contributed by atoms with E-state index in [0.717, 1.165) is 11.1 Å². The largest absolute Gasteiger partial charge is 0.388 e. The Morgan fingerprint density at radius 2 is 1.63 bits per heavy atom. The molecule has 0 bridgehead atoms. The molecule has 0 spiro atoms. The van der Waals surface area contributed by atoms with E-state index >= 15 is 0 Å². The number of thiophene rings is 1. The Labute approximate surface area is 176 Å². The van der Waals surface area contributed by atoms with E-state index in [1.165, 1.54) is 15.9 Å². The Morgan fingerprint density at radius 3 is 2.33 bits per heavy atom. The standard InChI is InChI=1S/C23H20N2O4S/c26-15-20(27)18-8-6-17(7-9-18)14-25-22-19(11-13-30-22)21(28)24(23(25)29)12-10-16-4-2-1-3-5-16/h1-9,11,13,26H,10,12,14-15H2. The third-order valence-electron chi connectivity index (χ3n) is 5.05. The predicted molar refractivity (Wildman–Crippen MR) is 117 cm³/mol. The van der Waals surface area contributed by atoms with Crippen molar-refractivity contribution >= 4 is 27.3 Å². The molecule has 7 heteroatoms. The molecule has 6 nitrogen and oxygen atoms in total. The summed E-state index contributed by atoms with van der Waals surface area (Å²) in [6.45, 7) is 0.0491. The molecule has 0 aliphatic rings. The zero-order valence-electron chi connectivity index (χ0n) is 16.2. The van der Waals surface area contributed by atoms with Crippen LogP contribution in [0, 0.1) is 0 Å². The summed E-state index contributed by atoms with van der Waals surface area (Å²) in [6, 6.07) is 18.3. The molecule has 4 aromatic rings. The molecule has 1 N–H and O–H groups in total. The van der Waals surface area contributed by atoms with Crippen molar-refractivity contribution in [2.24, 2.45) is 0 Å². The lowest BCUT2D eigenvalue weighted by Gasteiger charge is -2.12. The SMILES string of the molecule is O=C(CO)c1ccc(Cn2c(=O)n(CCc3ccccc3)c(=O)c3ccsc32)cc1. The molecule has 2 aromatic heterocycles. The lowest BCUT2D eigenvalue weighted by Crippen LogP contribution is -2.40. The van der Waals surface area contributed by atoms with Gasteiger partial charge in [0.1, 0.15) is 11.4 Å². The highest BCUT2D eigenvalue weighted by Gasteiger charge is 2.15. The fourth-order valence-corrected chi connectivity index (χ4v) is 4.32. The molecular weight excluding hydrogens is 400 g/mol. The van der Waals surface area contributed by atoms with Crippen LogP contribution in [0.2, 0.25) is 0 Å². The number of aromatic nitrogens is 2. The fraction of sp³-hybridized carbons (Fsp3) is 0.174. The van der Waals surface area contributed by atoms with E-state index in [2.05, 4.69) is 0 Å². The Balaban J connectivity index is 1.70. The third-order valence-corrected chi connectivity index (χ3v) is 5.99. The van der Waals surface area contributed by atoms with Crippen molar-refractivity contribution in [3.63, 3.8) is 0 Å². The summed E-state index contributed by atoms with van der Waals surface area (Å²) in [5, 5.41) is 11.3. The molecule has 4 rings (SSSR count). The van der Waals surface area contributed by atoms with Gasteiger partial charge >= 0.3 is 5.69 Å². The van der Waals surface area contributed by atoms with Crippen molar-refractivity contribution in [2.75, 3.05) is 6.61 Å². The van der Waals surface area contributed by atoms with Gasteiger partial charge in [-0.15, -0.1) is 11.3 Å².